The number of carbonyl (C=O) groups is 1. The van der Waals surface area contributed by atoms with Crippen LogP contribution < -0.4 is 14.5 Å². The number of likely N-dealkylation sites (N-methyl/N-ethyl adjacent to an activating group) is 1. The van der Waals surface area contributed by atoms with Crippen molar-refractivity contribution in [1.29, 1.82) is 0 Å². The average molecular weight is 555 g/mol. The van der Waals surface area contributed by atoms with Crippen LogP contribution in [0.3, 0.4) is 0 Å². The first-order chi connectivity index (χ1) is 18.7. The van der Waals surface area contributed by atoms with E-state index < -0.39 is 0 Å². The van der Waals surface area contributed by atoms with Gasteiger partial charge in [-0.3, -0.25) is 9.52 Å². The van der Waals surface area contributed by atoms with Crippen LogP contribution in [-0.4, -0.2) is 44.1 Å². The summed E-state index contributed by atoms with van der Waals surface area (Å²) in [4.78, 5) is 17.8. The predicted molar refractivity (Wildman–Crippen MR) is 169 cm³/mol. The fourth-order valence-corrected chi connectivity index (χ4v) is 9.25. The molecule has 0 aliphatic carbocycles. The van der Waals surface area contributed by atoms with Crippen LogP contribution in [0.5, 0.6) is 0 Å². The molecular weight excluding hydrogens is 507 g/mol. The number of amides is 1. The van der Waals surface area contributed by atoms with Crippen molar-refractivity contribution in [3.05, 3.63) is 54.1 Å². The molecular formula is C32H48N3OS2+. The van der Waals surface area contributed by atoms with E-state index in [2.05, 4.69) is 77.0 Å². The fraction of sp³-hybridized carbons (Fsp3) is 0.594. The van der Waals surface area contributed by atoms with Gasteiger partial charge in [-0.2, -0.15) is 0 Å². The van der Waals surface area contributed by atoms with E-state index in [1.807, 2.05) is 0 Å². The second kappa shape index (κ2) is 15.7. The molecule has 0 saturated carbocycles. The molecule has 1 unspecified atom stereocenters. The smallest absolute Gasteiger partial charge is 0.230 e. The molecule has 2 aromatic carbocycles. The molecule has 2 fully saturated rings. The second-order valence-corrected chi connectivity index (χ2v) is 14.3. The molecule has 0 bridgehead atoms. The van der Waals surface area contributed by atoms with Gasteiger partial charge in [0, 0.05) is 48.4 Å². The number of anilines is 2. The van der Waals surface area contributed by atoms with Gasteiger partial charge in [0.1, 0.15) is 11.5 Å². The Morgan fingerprint density at radius 1 is 0.921 bits per heavy atom. The Morgan fingerprint density at radius 2 is 1.61 bits per heavy atom. The van der Waals surface area contributed by atoms with Crippen LogP contribution in [0.1, 0.15) is 88.4 Å². The van der Waals surface area contributed by atoms with Crippen LogP contribution in [0.2, 0.25) is 0 Å². The minimum absolute atomic E-state index is 0.147. The molecule has 38 heavy (non-hydrogen) atoms. The predicted octanol–water partition coefficient (Wildman–Crippen LogP) is 7.75. The summed E-state index contributed by atoms with van der Waals surface area (Å²) < 4.78 is 2.95. The van der Waals surface area contributed by atoms with Crippen LogP contribution in [0.4, 0.5) is 11.4 Å². The van der Waals surface area contributed by atoms with E-state index in [1.54, 1.807) is 5.56 Å². The van der Waals surface area contributed by atoms with E-state index in [4.69, 9.17) is 0 Å². The normalized spacial score (nSPS) is 18.8. The van der Waals surface area contributed by atoms with Gasteiger partial charge in [-0.15, -0.1) is 0 Å². The Bertz CT molecular complexity index is 971. The quantitative estimate of drug-likeness (QED) is 0.175. The molecule has 0 aromatic heterocycles. The molecule has 0 radical (unpaired) electrons. The number of benzene rings is 2. The molecule has 6 heteroatoms. The lowest BCUT2D eigenvalue weighted by Gasteiger charge is -2.17. The SMILES string of the molecule is CCCCCCCCC(=O)NSc1ccc(N2CCCC2)cc1.CN1CC([S+]2CCCC2)c2ccccc21. The van der Waals surface area contributed by atoms with Gasteiger partial charge in [-0.25, -0.2) is 0 Å². The summed E-state index contributed by atoms with van der Waals surface area (Å²) in [7, 11) is 2.91. The van der Waals surface area contributed by atoms with E-state index in [-0.39, 0.29) is 5.91 Å². The Hall–Kier alpha value is -1.79. The lowest BCUT2D eigenvalue weighted by atomic mass is 10.1. The van der Waals surface area contributed by atoms with E-state index >= 15 is 0 Å². The lowest BCUT2D eigenvalue weighted by molar-refractivity contribution is -0.119. The summed E-state index contributed by atoms with van der Waals surface area (Å²) in [6.07, 6.45) is 13.5. The first-order valence-corrected chi connectivity index (χ1v) is 17.4. The minimum Gasteiger partial charge on any atom is -0.372 e. The van der Waals surface area contributed by atoms with Gasteiger partial charge >= 0.3 is 0 Å². The number of unbranched alkanes of at least 4 members (excludes halogenated alkanes) is 5. The first kappa shape index (κ1) is 29.2. The van der Waals surface area contributed by atoms with Crippen LogP contribution in [0, 0.1) is 0 Å². The number of nitrogens with one attached hydrogen (secondary N) is 1. The van der Waals surface area contributed by atoms with E-state index in [1.165, 1.54) is 112 Å². The number of hydrogen-bond donors (Lipinski definition) is 1. The van der Waals surface area contributed by atoms with Crippen molar-refractivity contribution >= 4 is 40.1 Å². The largest absolute Gasteiger partial charge is 0.372 e. The van der Waals surface area contributed by atoms with Crippen molar-refractivity contribution < 1.29 is 4.79 Å². The highest BCUT2D eigenvalue weighted by molar-refractivity contribution is 7.98. The van der Waals surface area contributed by atoms with Gasteiger partial charge in [0.2, 0.25) is 5.91 Å². The molecule has 3 aliphatic rings. The van der Waals surface area contributed by atoms with Crippen LogP contribution >= 0.6 is 11.9 Å². The van der Waals surface area contributed by atoms with Gasteiger partial charge in [-0.1, -0.05) is 57.2 Å². The maximum absolute atomic E-state index is 11.8. The lowest BCUT2D eigenvalue weighted by Crippen LogP contribution is -2.21. The zero-order valence-electron chi connectivity index (χ0n) is 23.6. The Kier molecular flexibility index (Phi) is 12.1. The number of carbonyl (C=O) groups excluding carboxylic acids is 1. The Morgan fingerprint density at radius 3 is 2.34 bits per heavy atom. The Labute approximate surface area is 238 Å². The number of para-hydroxylation sites is 1. The highest BCUT2D eigenvalue weighted by atomic mass is 32.2. The van der Waals surface area contributed by atoms with Crippen molar-refractivity contribution in [2.24, 2.45) is 0 Å². The van der Waals surface area contributed by atoms with E-state index in [0.29, 0.717) is 17.3 Å². The second-order valence-electron chi connectivity index (χ2n) is 10.9. The zero-order chi connectivity index (χ0) is 26.6. The third kappa shape index (κ3) is 8.61. The summed E-state index contributed by atoms with van der Waals surface area (Å²) in [5.41, 5.74) is 4.39. The molecule has 0 spiro atoms. The third-order valence-electron chi connectivity index (χ3n) is 7.95. The molecule has 5 rings (SSSR count). The maximum atomic E-state index is 11.8. The van der Waals surface area contributed by atoms with Crippen LogP contribution in [-0.2, 0) is 15.7 Å². The van der Waals surface area contributed by atoms with Gasteiger partial charge < -0.3 is 9.80 Å². The van der Waals surface area contributed by atoms with E-state index in [9.17, 15) is 4.79 Å². The number of rotatable bonds is 11. The standard InChI is InChI=1S/C19H30N2OS.C13H18NS/c1-2-3-4-5-6-7-10-19(22)20-23-18-13-11-17(12-14-18)21-15-8-9-16-21;1-14-10-13(15-8-4-5-9-15)11-6-2-3-7-12(11)14/h11-14H,2-10,15-16H2,1H3,(H,20,22);2-3,6-7,13H,4-5,8-10H2,1H3/q;+1. The summed E-state index contributed by atoms with van der Waals surface area (Å²) in [6.45, 7) is 5.81. The molecule has 4 nitrogen and oxygen atoms in total. The van der Waals surface area contributed by atoms with Crippen molar-refractivity contribution in [3.63, 3.8) is 0 Å². The summed E-state index contributed by atoms with van der Waals surface area (Å²) in [5.74, 6) is 3.11. The monoisotopic (exact) mass is 554 g/mol. The van der Waals surface area contributed by atoms with Crippen molar-refractivity contribution in [2.75, 3.05) is 48.0 Å². The van der Waals surface area contributed by atoms with Crippen LogP contribution in [0.15, 0.2) is 53.4 Å². The topological polar surface area (TPSA) is 35.6 Å². The molecule has 2 saturated heterocycles. The van der Waals surface area contributed by atoms with Gasteiger partial charge in [0.05, 0.1) is 6.54 Å². The van der Waals surface area contributed by atoms with E-state index in [0.717, 1.165) is 16.6 Å². The van der Waals surface area contributed by atoms with Gasteiger partial charge in [-0.05, 0) is 85.3 Å². The summed E-state index contributed by atoms with van der Waals surface area (Å²) in [5, 5.41) is 0.841. The summed E-state index contributed by atoms with van der Waals surface area (Å²) in [6, 6.07) is 17.5. The highest BCUT2D eigenvalue weighted by Crippen LogP contribution is 2.41. The number of hydrogen-bond acceptors (Lipinski definition) is 4. The van der Waals surface area contributed by atoms with Gasteiger partial charge in [0.25, 0.3) is 0 Å². The maximum Gasteiger partial charge on any atom is 0.230 e. The van der Waals surface area contributed by atoms with Crippen molar-refractivity contribution in [1.82, 2.24) is 4.72 Å². The minimum atomic E-state index is 0.147. The third-order valence-corrected chi connectivity index (χ3v) is 11.6. The summed E-state index contributed by atoms with van der Waals surface area (Å²) >= 11 is 1.43. The highest BCUT2D eigenvalue weighted by Gasteiger charge is 2.41. The van der Waals surface area contributed by atoms with Crippen molar-refractivity contribution in [2.45, 2.75) is 87.7 Å². The van der Waals surface area contributed by atoms with Gasteiger partial charge in [0.15, 0.2) is 5.25 Å². The average Bonchev–Trinajstić information content (AvgIpc) is 3.73. The van der Waals surface area contributed by atoms with Crippen molar-refractivity contribution in [3.8, 4) is 0 Å². The molecule has 1 atom stereocenters. The molecule has 3 aliphatic heterocycles. The molecule has 1 N–H and O–H groups in total. The molecule has 208 valence electrons. The fourth-order valence-electron chi connectivity index (χ4n) is 5.73. The number of nitrogens with zero attached hydrogens (tertiary/aromatic N) is 2. The first-order valence-electron chi connectivity index (χ1n) is 14.9. The number of fused-ring (bicyclic) bond motifs is 1. The Balaban J connectivity index is 0.000000192. The van der Waals surface area contributed by atoms with Crippen LogP contribution in [0.25, 0.3) is 0 Å². The molecule has 2 aromatic rings. The molecule has 3 heterocycles. The molecule has 1 amide bonds. The zero-order valence-corrected chi connectivity index (χ0v) is 25.3.